The number of aryl methyl sites for hydroxylation is 1. The number of nitrogens with two attached hydrogens (primary N) is 2. The summed E-state index contributed by atoms with van der Waals surface area (Å²) < 4.78 is 5.65. The number of ether oxygens (including phenoxy) is 1. The maximum atomic E-state index is 12.0. The molecule has 0 aliphatic heterocycles. The first-order valence-electron chi connectivity index (χ1n) is 7.06. The number of nitrogens with zero attached hydrogens (tertiary/aromatic N) is 3. The van der Waals surface area contributed by atoms with Gasteiger partial charge < -0.3 is 4.74 Å². The van der Waals surface area contributed by atoms with Crippen LogP contribution in [0.2, 0.25) is 0 Å². The first-order valence-corrected chi connectivity index (χ1v) is 7.94. The Labute approximate surface area is 143 Å². The van der Waals surface area contributed by atoms with Gasteiger partial charge in [-0.15, -0.1) is 0 Å². The van der Waals surface area contributed by atoms with Crippen molar-refractivity contribution in [2.45, 2.75) is 20.5 Å². The molecule has 0 spiro atoms. The molecule has 2 rings (SSSR count). The quantitative estimate of drug-likeness (QED) is 0.368. The minimum atomic E-state index is -0.560. The lowest BCUT2D eigenvalue weighted by Gasteiger charge is -2.23. The first kappa shape index (κ1) is 17.9. The van der Waals surface area contributed by atoms with E-state index in [0.29, 0.717) is 16.6 Å². The van der Waals surface area contributed by atoms with Crippen molar-refractivity contribution in [2.75, 3.05) is 12.1 Å². The molecule has 1 aromatic heterocycles. The van der Waals surface area contributed by atoms with Gasteiger partial charge in [0.05, 0.1) is 5.69 Å². The zero-order valence-electron chi connectivity index (χ0n) is 13.6. The average Bonchev–Trinajstić information content (AvgIpc) is 3.01. The Morgan fingerprint density at radius 3 is 2.62 bits per heavy atom. The molecule has 0 saturated carbocycles. The van der Waals surface area contributed by atoms with Crippen LogP contribution in [0.1, 0.15) is 28.5 Å². The number of Topliss-reactive ketones (excluding diaryl/α,β-unsaturated/α-hetero) is 1. The normalized spacial score (nSPS) is 10.4. The minimum Gasteiger partial charge on any atom is -0.465 e. The molecule has 1 heterocycles. The summed E-state index contributed by atoms with van der Waals surface area (Å²) in [7, 11) is 1.41. The maximum Gasteiger partial charge on any atom is 0.352 e. The highest BCUT2D eigenvalue weighted by Crippen LogP contribution is 2.26. The van der Waals surface area contributed by atoms with Crippen molar-refractivity contribution >= 4 is 28.8 Å². The Balaban J connectivity index is 2.22. The Hall–Kier alpha value is -2.49. The number of urea groups is 1. The van der Waals surface area contributed by atoms with Crippen LogP contribution < -0.4 is 21.4 Å². The molecule has 0 aliphatic rings. The van der Waals surface area contributed by atoms with Gasteiger partial charge in [0, 0.05) is 24.9 Å². The summed E-state index contributed by atoms with van der Waals surface area (Å²) in [4.78, 5) is 27.4. The standard InChI is InChI=1S/C15H19N5O3S/c1-9-5-4-6-13(20(17)15(22)19(3)16)11(9)7-23-14-18-12(8-24-14)10(2)21/h4-6,8H,7,16-17H2,1-3H3. The third-order valence-corrected chi connectivity index (χ3v) is 4.09. The van der Waals surface area contributed by atoms with Crippen molar-refractivity contribution in [3.05, 3.63) is 40.4 Å². The second-order valence-electron chi connectivity index (χ2n) is 5.18. The number of amides is 2. The van der Waals surface area contributed by atoms with Gasteiger partial charge in [-0.05, 0) is 18.6 Å². The van der Waals surface area contributed by atoms with Gasteiger partial charge in [-0.25, -0.2) is 21.5 Å². The lowest BCUT2D eigenvalue weighted by atomic mass is 10.1. The Morgan fingerprint density at radius 2 is 2.04 bits per heavy atom. The zero-order chi connectivity index (χ0) is 17.9. The molecule has 2 aromatic rings. The SMILES string of the molecule is CC(=O)c1csc(OCc2c(C)cccc2N(N)C(=O)N(C)N)n1. The van der Waals surface area contributed by atoms with Crippen LogP contribution in [0.25, 0.3) is 0 Å². The van der Waals surface area contributed by atoms with E-state index in [1.165, 1.54) is 25.3 Å². The number of hydrogen-bond donors (Lipinski definition) is 2. The van der Waals surface area contributed by atoms with E-state index >= 15 is 0 Å². The second kappa shape index (κ2) is 7.39. The van der Waals surface area contributed by atoms with E-state index in [1.54, 1.807) is 17.5 Å². The van der Waals surface area contributed by atoms with Crippen LogP contribution in [0, 0.1) is 6.92 Å². The number of hydrogen-bond acceptors (Lipinski definition) is 7. The first-order chi connectivity index (χ1) is 11.3. The van der Waals surface area contributed by atoms with Crippen LogP contribution >= 0.6 is 11.3 Å². The van der Waals surface area contributed by atoms with Crippen molar-refractivity contribution in [1.29, 1.82) is 0 Å². The van der Waals surface area contributed by atoms with E-state index in [-0.39, 0.29) is 12.4 Å². The van der Waals surface area contributed by atoms with Crippen molar-refractivity contribution in [2.24, 2.45) is 11.7 Å². The van der Waals surface area contributed by atoms with Gasteiger partial charge in [-0.2, -0.15) is 4.98 Å². The molecule has 9 heteroatoms. The van der Waals surface area contributed by atoms with Crippen molar-refractivity contribution in [3.63, 3.8) is 0 Å². The third-order valence-electron chi connectivity index (χ3n) is 3.34. The number of carbonyl (C=O) groups is 2. The number of benzene rings is 1. The van der Waals surface area contributed by atoms with Gasteiger partial charge in [-0.3, -0.25) is 9.80 Å². The number of hydrazine groups is 2. The highest BCUT2D eigenvalue weighted by Gasteiger charge is 2.19. The van der Waals surface area contributed by atoms with Gasteiger partial charge in [-0.1, -0.05) is 23.5 Å². The smallest absolute Gasteiger partial charge is 0.352 e. The predicted molar refractivity (Wildman–Crippen MR) is 91.6 cm³/mol. The molecule has 0 radical (unpaired) electrons. The van der Waals surface area contributed by atoms with E-state index in [4.69, 9.17) is 16.4 Å². The minimum absolute atomic E-state index is 0.123. The van der Waals surface area contributed by atoms with E-state index in [1.807, 2.05) is 13.0 Å². The molecule has 128 valence electrons. The maximum absolute atomic E-state index is 12.0. The Bertz CT molecular complexity index is 759. The highest BCUT2D eigenvalue weighted by molar-refractivity contribution is 7.11. The zero-order valence-corrected chi connectivity index (χ0v) is 14.5. The van der Waals surface area contributed by atoms with Crippen molar-refractivity contribution < 1.29 is 14.3 Å². The van der Waals surface area contributed by atoms with Gasteiger partial charge in [0.1, 0.15) is 12.3 Å². The van der Waals surface area contributed by atoms with Crippen LogP contribution in [-0.2, 0) is 6.61 Å². The predicted octanol–water partition coefficient (Wildman–Crippen LogP) is 1.84. The molecule has 2 amide bonds. The molecular weight excluding hydrogens is 330 g/mol. The molecular formula is C15H19N5O3S. The average molecular weight is 349 g/mol. The lowest BCUT2D eigenvalue weighted by Crippen LogP contribution is -2.49. The fourth-order valence-corrected chi connectivity index (χ4v) is 2.70. The van der Waals surface area contributed by atoms with E-state index in [2.05, 4.69) is 4.98 Å². The number of carbonyl (C=O) groups excluding carboxylic acids is 2. The molecule has 1 aromatic carbocycles. The lowest BCUT2D eigenvalue weighted by molar-refractivity contribution is 0.101. The molecule has 8 nitrogen and oxygen atoms in total. The van der Waals surface area contributed by atoms with Crippen LogP contribution in [0.5, 0.6) is 5.19 Å². The van der Waals surface area contributed by atoms with Crippen LogP contribution in [-0.4, -0.2) is 28.9 Å². The second-order valence-corrected chi connectivity index (χ2v) is 6.00. The summed E-state index contributed by atoms with van der Waals surface area (Å²) >= 11 is 1.23. The van der Waals surface area contributed by atoms with E-state index in [9.17, 15) is 9.59 Å². The summed E-state index contributed by atoms with van der Waals surface area (Å²) in [6, 6.07) is 4.82. The number of rotatable bonds is 5. The van der Waals surface area contributed by atoms with Crippen molar-refractivity contribution in [1.82, 2.24) is 9.99 Å². The number of ketones is 1. The molecule has 0 aliphatic carbocycles. The molecule has 0 saturated heterocycles. The van der Waals surface area contributed by atoms with E-state index < -0.39 is 6.03 Å². The highest BCUT2D eigenvalue weighted by atomic mass is 32.1. The summed E-state index contributed by atoms with van der Waals surface area (Å²) in [6.45, 7) is 3.48. The molecule has 0 fully saturated rings. The van der Waals surface area contributed by atoms with Crippen LogP contribution in [0.15, 0.2) is 23.6 Å². The summed E-state index contributed by atoms with van der Waals surface area (Å²) in [5.41, 5.74) is 2.48. The fourth-order valence-electron chi connectivity index (χ4n) is 1.99. The number of thiazole rings is 1. The van der Waals surface area contributed by atoms with Gasteiger partial charge in [0.15, 0.2) is 5.78 Å². The largest absolute Gasteiger partial charge is 0.465 e. The topological polar surface area (TPSA) is 115 Å². The number of anilines is 1. The monoisotopic (exact) mass is 349 g/mol. The third kappa shape index (κ3) is 3.88. The summed E-state index contributed by atoms with van der Waals surface area (Å²) in [5.74, 6) is 11.2. The summed E-state index contributed by atoms with van der Waals surface area (Å²) in [5, 5.41) is 3.88. The van der Waals surface area contributed by atoms with Crippen LogP contribution in [0.3, 0.4) is 0 Å². The van der Waals surface area contributed by atoms with Gasteiger partial charge in [0.2, 0.25) is 0 Å². The van der Waals surface area contributed by atoms with Crippen molar-refractivity contribution in [3.8, 4) is 5.19 Å². The fraction of sp³-hybridized carbons (Fsp3) is 0.267. The molecule has 0 unspecified atom stereocenters. The molecule has 0 atom stereocenters. The van der Waals surface area contributed by atoms with Gasteiger partial charge in [0.25, 0.3) is 5.19 Å². The van der Waals surface area contributed by atoms with Gasteiger partial charge >= 0.3 is 6.03 Å². The Kier molecular flexibility index (Phi) is 5.50. The summed E-state index contributed by atoms with van der Waals surface area (Å²) in [6.07, 6.45) is 0. The molecule has 24 heavy (non-hydrogen) atoms. The Morgan fingerprint density at radius 1 is 1.33 bits per heavy atom. The molecule has 0 bridgehead atoms. The molecule has 4 N–H and O–H groups in total. The van der Waals surface area contributed by atoms with Crippen LogP contribution in [0.4, 0.5) is 10.5 Å². The number of aromatic nitrogens is 1. The van der Waals surface area contributed by atoms with E-state index in [0.717, 1.165) is 21.1 Å².